The number of carbonyl (C=O) groups excluding carboxylic acids is 1. The standard InChI is InChI=1S/C18H18N2O/c1-13-5-8-16(12-14(13)2)18(21)20-17-9-6-15(7-10-17)4-3-11-19/h5-10,12H,11,19H2,1-2H3,(H,20,21). The van der Waals surface area contributed by atoms with Gasteiger partial charge in [-0.3, -0.25) is 4.79 Å². The zero-order chi connectivity index (χ0) is 15.2. The molecule has 3 N–H and O–H groups in total. The number of benzene rings is 2. The molecule has 106 valence electrons. The van der Waals surface area contributed by atoms with Gasteiger partial charge in [-0.05, 0) is 61.4 Å². The molecule has 3 heteroatoms. The van der Waals surface area contributed by atoms with Crippen LogP contribution in [0.25, 0.3) is 0 Å². The third-order valence-electron chi connectivity index (χ3n) is 3.25. The molecule has 0 saturated carbocycles. The topological polar surface area (TPSA) is 55.1 Å². The Morgan fingerprint density at radius 1 is 1.10 bits per heavy atom. The molecule has 0 fully saturated rings. The molecule has 1 amide bonds. The first-order chi connectivity index (χ1) is 10.1. The molecule has 2 aromatic carbocycles. The molecule has 0 unspecified atom stereocenters. The Morgan fingerprint density at radius 2 is 1.81 bits per heavy atom. The highest BCUT2D eigenvalue weighted by Crippen LogP contribution is 2.13. The van der Waals surface area contributed by atoms with Crippen LogP contribution in [-0.2, 0) is 0 Å². The fraction of sp³-hybridized carbons (Fsp3) is 0.167. The van der Waals surface area contributed by atoms with Crippen molar-refractivity contribution >= 4 is 11.6 Å². The van der Waals surface area contributed by atoms with Gasteiger partial charge in [-0.15, -0.1) is 0 Å². The molecule has 0 spiro atoms. The second kappa shape index (κ2) is 6.74. The zero-order valence-electron chi connectivity index (χ0n) is 12.2. The molecule has 0 bridgehead atoms. The number of amides is 1. The van der Waals surface area contributed by atoms with E-state index in [9.17, 15) is 4.79 Å². The summed E-state index contributed by atoms with van der Waals surface area (Å²) in [6.07, 6.45) is 0. The van der Waals surface area contributed by atoms with Crippen LogP contribution in [0.4, 0.5) is 5.69 Å². The summed E-state index contributed by atoms with van der Waals surface area (Å²) in [5.74, 6) is 5.62. The van der Waals surface area contributed by atoms with Crippen molar-refractivity contribution < 1.29 is 4.79 Å². The molecule has 21 heavy (non-hydrogen) atoms. The highest BCUT2D eigenvalue weighted by atomic mass is 16.1. The number of hydrogen-bond donors (Lipinski definition) is 2. The third kappa shape index (κ3) is 3.95. The van der Waals surface area contributed by atoms with Crippen LogP contribution in [0.2, 0.25) is 0 Å². The van der Waals surface area contributed by atoms with Gasteiger partial charge < -0.3 is 11.1 Å². The average Bonchev–Trinajstić information content (AvgIpc) is 2.49. The highest BCUT2D eigenvalue weighted by molar-refractivity contribution is 6.04. The lowest BCUT2D eigenvalue weighted by Gasteiger charge is -2.07. The van der Waals surface area contributed by atoms with Crippen LogP contribution in [0, 0.1) is 25.7 Å². The minimum Gasteiger partial charge on any atom is -0.322 e. The van der Waals surface area contributed by atoms with Gasteiger partial charge in [0.05, 0.1) is 6.54 Å². The number of hydrogen-bond acceptors (Lipinski definition) is 2. The van der Waals surface area contributed by atoms with Gasteiger partial charge in [0.25, 0.3) is 5.91 Å². The highest BCUT2D eigenvalue weighted by Gasteiger charge is 2.06. The van der Waals surface area contributed by atoms with Gasteiger partial charge in [0, 0.05) is 16.8 Å². The van der Waals surface area contributed by atoms with Crippen molar-refractivity contribution in [3.63, 3.8) is 0 Å². The minimum atomic E-state index is -0.112. The second-order valence-electron chi connectivity index (χ2n) is 4.84. The smallest absolute Gasteiger partial charge is 0.255 e. The molecule has 2 aromatic rings. The SMILES string of the molecule is Cc1ccc(C(=O)Nc2ccc(C#CCN)cc2)cc1C. The summed E-state index contributed by atoms with van der Waals surface area (Å²) in [5.41, 5.74) is 9.89. The Hall–Kier alpha value is -2.57. The van der Waals surface area contributed by atoms with Crippen molar-refractivity contribution in [2.75, 3.05) is 11.9 Å². The summed E-state index contributed by atoms with van der Waals surface area (Å²) in [4.78, 5) is 12.2. The molecule has 0 radical (unpaired) electrons. The van der Waals surface area contributed by atoms with Gasteiger partial charge in [0.2, 0.25) is 0 Å². The monoisotopic (exact) mass is 278 g/mol. The summed E-state index contributed by atoms with van der Waals surface area (Å²) < 4.78 is 0. The number of nitrogens with one attached hydrogen (secondary N) is 1. The molecule has 0 aromatic heterocycles. The van der Waals surface area contributed by atoms with Crippen LogP contribution in [0.15, 0.2) is 42.5 Å². The maximum absolute atomic E-state index is 12.2. The molecule has 0 atom stereocenters. The van der Waals surface area contributed by atoms with Gasteiger partial charge in [-0.25, -0.2) is 0 Å². The van der Waals surface area contributed by atoms with E-state index in [1.807, 2.05) is 56.3 Å². The normalized spacial score (nSPS) is 9.67. The van der Waals surface area contributed by atoms with Crippen LogP contribution in [-0.4, -0.2) is 12.5 Å². The molecular weight excluding hydrogens is 260 g/mol. The van der Waals surface area contributed by atoms with Gasteiger partial charge in [-0.1, -0.05) is 17.9 Å². The number of rotatable bonds is 2. The van der Waals surface area contributed by atoms with E-state index in [2.05, 4.69) is 17.2 Å². The molecule has 0 heterocycles. The summed E-state index contributed by atoms with van der Waals surface area (Å²) in [7, 11) is 0. The molecule has 0 aliphatic heterocycles. The Labute approximate surface area is 125 Å². The lowest BCUT2D eigenvalue weighted by molar-refractivity contribution is 0.102. The Kier molecular flexibility index (Phi) is 4.76. The van der Waals surface area contributed by atoms with E-state index in [-0.39, 0.29) is 5.91 Å². The Balaban J connectivity index is 2.10. The molecule has 2 rings (SSSR count). The van der Waals surface area contributed by atoms with E-state index in [1.54, 1.807) is 0 Å². The van der Waals surface area contributed by atoms with E-state index in [4.69, 9.17) is 5.73 Å². The quantitative estimate of drug-likeness (QED) is 0.830. The summed E-state index contributed by atoms with van der Waals surface area (Å²) in [6.45, 7) is 4.36. The summed E-state index contributed by atoms with van der Waals surface area (Å²) in [5, 5.41) is 2.88. The first kappa shape index (κ1) is 14.8. The van der Waals surface area contributed by atoms with Gasteiger partial charge >= 0.3 is 0 Å². The van der Waals surface area contributed by atoms with Crippen LogP contribution in [0.3, 0.4) is 0 Å². The summed E-state index contributed by atoms with van der Waals surface area (Å²) >= 11 is 0. The number of aryl methyl sites for hydroxylation is 2. The van der Waals surface area contributed by atoms with Crippen LogP contribution in [0.5, 0.6) is 0 Å². The maximum atomic E-state index is 12.2. The maximum Gasteiger partial charge on any atom is 0.255 e. The number of anilines is 1. The molecule has 0 aliphatic carbocycles. The minimum absolute atomic E-state index is 0.112. The van der Waals surface area contributed by atoms with E-state index in [0.717, 1.165) is 16.8 Å². The van der Waals surface area contributed by atoms with Crippen molar-refractivity contribution in [2.24, 2.45) is 5.73 Å². The predicted molar refractivity (Wildman–Crippen MR) is 86.2 cm³/mol. The van der Waals surface area contributed by atoms with Gasteiger partial charge in [0.1, 0.15) is 0 Å². The Morgan fingerprint density at radius 3 is 2.43 bits per heavy atom. The van der Waals surface area contributed by atoms with E-state index < -0.39 is 0 Å². The number of carbonyl (C=O) groups is 1. The first-order valence-corrected chi connectivity index (χ1v) is 6.78. The van der Waals surface area contributed by atoms with Crippen molar-refractivity contribution in [1.82, 2.24) is 0 Å². The number of nitrogens with two attached hydrogens (primary N) is 1. The average molecular weight is 278 g/mol. The van der Waals surface area contributed by atoms with E-state index in [0.29, 0.717) is 12.1 Å². The van der Waals surface area contributed by atoms with E-state index in [1.165, 1.54) is 5.56 Å². The predicted octanol–water partition coefficient (Wildman–Crippen LogP) is 2.87. The molecule has 0 aliphatic rings. The molecule has 0 saturated heterocycles. The zero-order valence-corrected chi connectivity index (χ0v) is 12.2. The third-order valence-corrected chi connectivity index (χ3v) is 3.25. The molecule has 3 nitrogen and oxygen atoms in total. The van der Waals surface area contributed by atoms with E-state index >= 15 is 0 Å². The van der Waals surface area contributed by atoms with Crippen LogP contribution >= 0.6 is 0 Å². The van der Waals surface area contributed by atoms with Crippen molar-refractivity contribution in [3.8, 4) is 11.8 Å². The fourth-order valence-electron chi connectivity index (χ4n) is 1.88. The lowest BCUT2D eigenvalue weighted by Crippen LogP contribution is -2.12. The second-order valence-corrected chi connectivity index (χ2v) is 4.84. The Bertz CT molecular complexity index is 706. The van der Waals surface area contributed by atoms with Crippen molar-refractivity contribution in [1.29, 1.82) is 0 Å². The molecular formula is C18H18N2O. The first-order valence-electron chi connectivity index (χ1n) is 6.78. The summed E-state index contributed by atoms with van der Waals surface area (Å²) in [6, 6.07) is 13.1. The van der Waals surface area contributed by atoms with Crippen LogP contribution in [0.1, 0.15) is 27.0 Å². The van der Waals surface area contributed by atoms with Gasteiger partial charge in [-0.2, -0.15) is 0 Å². The fourth-order valence-corrected chi connectivity index (χ4v) is 1.88. The van der Waals surface area contributed by atoms with Crippen LogP contribution < -0.4 is 11.1 Å². The van der Waals surface area contributed by atoms with Gasteiger partial charge in [0.15, 0.2) is 0 Å². The lowest BCUT2D eigenvalue weighted by atomic mass is 10.1. The largest absolute Gasteiger partial charge is 0.322 e. The van der Waals surface area contributed by atoms with Crippen molar-refractivity contribution in [2.45, 2.75) is 13.8 Å². The van der Waals surface area contributed by atoms with Crippen molar-refractivity contribution in [3.05, 3.63) is 64.7 Å².